The maximum atomic E-state index is 9.95. The molecule has 0 amide bonds. The summed E-state index contributed by atoms with van der Waals surface area (Å²) in [4.78, 5) is 9.95. The molecule has 0 aliphatic heterocycles. The molecule has 0 rings (SSSR count). The van der Waals surface area contributed by atoms with Crippen LogP contribution in [0, 0.1) is 0 Å². The van der Waals surface area contributed by atoms with E-state index >= 15 is 0 Å². The molecule has 0 fully saturated rings. The van der Waals surface area contributed by atoms with Gasteiger partial charge in [0.15, 0.2) is 0 Å². The smallest absolute Gasteiger partial charge is 0.142 e. The molecule has 0 aromatic heterocycles. The third-order valence-corrected chi connectivity index (χ3v) is 2.24. The molecule has 1 nitrogen and oxygen atoms in total. The predicted octanol–water partition coefficient (Wildman–Crippen LogP) is 4.05. The number of allylic oxidation sites excluding steroid dienone is 3. The molecular formula is C13H22O. The van der Waals surface area contributed by atoms with Crippen LogP contribution in [0.25, 0.3) is 0 Å². The quantitative estimate of drug-likeness (QED) is 0.222. The largest absolute Gasteiger partial charge is 0.299 e. The van der Waals surface area contributed by atoms with Crippen molar-refractivity contribution in [2.24, 2.45) is 0 Å². The average molecular weight is 194 g/mol. The first-order valence-corrected chi connectivity index (χ1v) is 5.63. The van der Waals surface area contributed by atoms with Gasteiger partial charge in [0.05, 0.1) is 0 Å². The summed E-state index contributed by atoms with van der Waals surface area (Å²) in [5.74, 6) is 0. The van der Waals surface area contributed by atoms with Crippen LogP contribution in [0.5, 0.6) is 0 Å². The van der Waals surface area contributed by atoms with Crippen LogP contribution in [-0.2, 0) is 4.79 Å². The van der Waals surface area contributed by atoms with E-state index in [-0.39, 0.29) is 0 Å². The van der Waals surface area contributed by atoms with Crippen LogP contribution in [0.15, 0.2) is 24.8 Å². The molecule has 80 valence electrons. The fourth-order valence-electron chi connectivity index (χ4n) is 1.41. The third-order valence-electron chi connectivity index (χ3n) is 2.24. The summed E-state index contributed by atoms with van der Waals surface area (Å²) in [6, 6.07) is 0. The molecule has 0 bridgehead atoms. The molecule has 0 aromatic rings. The zero-order valence-electron chi connectivity index (χ0n) is 9.08. The fraction of sp³-hybridized carbons (Fsp3) is 0.615. The number of unbranched alkanes of at least 4 members (excludes halogenated alkanes) is 7. The lowest BCUT2D eigenvalue weighted by atomic mass is 10.1. The lowest BCUT2D eigenvalue weighted by molar-refractivity contribution is -0.104. The summed E-state index contributed by atoms with van der Waals surface area (Å²) in [6.07, 6.45) is 16.4. The van der Waals surface area contributed by atoms with Gasteiger partial charge in [0.2, 0.25) is 0 Å². The minimum absolute atomic E-state index is 0.843. The van der Waals surface area contributed by atoms with Gasteiger partial charge in [-0.05, 0) is 31.8 Å². The van der Waals surface area contributed by atoms with Crippen molar-refractivity contribution in [2.45, 2.75) is 51.4 Å². The number of carbonyl (C=O) groups is 1. The summed E-state index contributed by atoms with van der Waals surface area (Å²) in [5.41, 5.74) is 0. The number of aldehydes is 1. The lowest BCUT2D eigenvalue weighted by Crippen LogP contribution is -1.79. The van der Waals surface area contributed by atoms with Gasteiger partial charge in [-0.3, -0.25) is 4.79 Å². The molecule has 0 aliphatic rings. The molecule has 0 heterocycles. The summed E-state index contributed by atoms with van der Waals surface area (Å²) in [5, 5.41) is 0. The molecule has 0 saturated heterocycles. The highest BCUT2D eigenvalue weighted by Gasteiger charge is 1.89. The van der Waals surface area contributed by atoms with Crippen LogP contribution in [0.2, 0.25) is 0 Å². The maximum Gasteiger partial charge on any atom is 0.142 e. The number of rotatable bonds is 10. The van der Waals surface area contributed by atoms with Crippen molar-refractivity contribution in [3.8, 4) is 0 Å². The van der Waals surface area contributed by atoms with Crippen LogP contribution >= 0.6 is 0 Å². The zero-order chi connectivity index (χ0) is 10.5. The van der Waals surface area contributed by atoms with E-state index in [1.807, 2.05) is 12.2 Å². The van der Waals surface area contributed by atoms with Gasteiger partial charge >= 0.3 is 0 Å². The zero-order valence-corrected chi connectivity index (χ0v) is 9.08. The van der Waals surface area contributed by atoms with Crippen molar-refractivity contribution < 1.29 is 4.79 Å². The predicted molar refractivity (Wildman–Crippen MR) is 62.3 cm³/mol. The van der Waals surface area contributed by atoms with E-state index in [9.17, 15) is 4.79 Å². The average Bonchev–Trinajstić information content (AvgIpc) is 2.21. The van der Waals surface area contributed by atoms with E-state index in [1.165, 1.54) is 38.5 Å². The highest BCUT2D eigenvalue weighted by Crippen LogP contribution is 2.08. The fourth-order valence-corrected chi connectivity index (χ4v) is 1.41. The Morgan fingerprint density at radius 1 is 0.857 bits per heavy atom. The van der Waals surface area contributed by atoms with Crippen molar-refractivity contribution in [1.29, 1.82) is 0 Å². The monoisotopic (exact) mass is 194 g/mol. The van der Waals surface area contributed by atoms with E-state index < -0.39 is 0 Å². The Hall–Kier alpha value is -0.850. The van der Waals surface area contributed by atoms with Crippen molar-refractivity contribution in [2.75, 3.05) is 0 Å². The van der Waals surface area contributed by atoms with Crippen LogP contribution in [0.3, 0.4) is 0 Å². The Morgan fingerprint density at radius 3 is 2.00 bits per heavy atom. The van der Waals surface area contributed by atoms with Gasteiger partial charge in [0.25, 0.3) is 0 Å². The molecule has 0 spiro atoms. The second-order valence-corrected chi connectivity index (χ2v) is 3.55. The summed E-state index contributed by atoms with van der Waals surface area (Å²) in [6.45, 7) is 3.70. The van der Waals surface area contributed by atoms with E-state index in [4.69, 9.17) is 0 Å². The van der Waals surface area contributed by atoms with Gasteiger partial charge in [-0.25, -0.2) is 0 Å². The van der Waals surface area contributed by atoms with Crippen molar-refractivity contribution in [1.82, 2.24) is 0 Å². The minimum Gasteiger partial charge on any atom is -0.299 e. The maximum absolute atomic E-state index is 9.95. The van der Waals surface area contributed by atoms with E-state index in [1.54, 1.807) is 6.08 Å². The summed E-state index contributed by atoms with van der Waals surface area (Å²) in [7, 11) is 0. The van der Waals surface area contributed by atoms with Crippen LogP contribution in [0.1, 0.15) is 51.4 Å². The van der Waals surface area contributed by atoms with Crippen molar-refractivity contribution in [3.63, 3.8) is 0 Å². The van der Waals surface area contributed by atoms with E-state index in [2.05, 4.69) is 6.58 Å². The number of hydrogen-bond donors (Lipinski definition) is 0. The van der Waals surface area contributed by atoms with Crippen molar-refractivity contribution >= 4 is 6.29 Å². The molecule has 0 aromatic carbocycles. The second-order valence-electron chi connectivity index (χ2n) is 3.55. The van der Waals surface area contributed by atoms with Crippen LogP contribution < -0.4 is 0 Å². The Kier molecular flexibility index (Phi) is 11.4. The standard InChI is InChI=1S/C13H22O/c1-2-3-4-5-6-7-8-9-10-11-12-13-14/h2,11-13H,1,3-10H2. The molecule has 0 atom stereocenters. The Morgan fingerprint density at radius 2 is 1.43 bits per heavy atom. The van der Waals surface area contributed by atoms with Gasteiger partial charge in [0, 0.05) is 0 Å². The topological polar surface area (TPSA) is 17.1 Å². The Balaban J connectivity index is 2.95. The molecule has 14 heavy (non-hydrogen) atoms. The normalized spacial score (nSPS) is 10.6. The van der Waals surface area contributed by atoms with Gasteiger partial charge in [0.1, 0.15) is 6.29 Å². The first-order valence-electron chi connectivity index (χ1n) is 5.63. The lowest BCUT2D eigenvalue weighted by Gasteiger charge is -1.98. The minimum atomic E-state index is 0.843. The third kappa shape index (κ3) is 11.2. The van der Waals surface area contributed by atoms with Crippen molar-refractivity contribution in [3.05, 3.63) is 24.8 Å². The summed E-state index contributed by atoms with van der Waals surface area (Å²) >= 11 is 0. The number of carbonyl (C=O) groups excluding carboxylic acids is 1. The van der Waals surface area contributed by atoms with Gasteiger partial charge in [-0.1, -0.05) is 37.8 Å². The van der Waals surface area contributed by atoms with Crippen LogP contribution in [-0.4, -0.2) is 6.29 Å². The Bertz CT molecular complexity index is 159. The molecule has 0 N–H and O–H groups in total. The van der Waals surface area contributed by atoms with Gasteiger partial charge in [-0.2, -0.15) is 0 Å². The molecule has 0 unspecified atom stereocenters. The molecule has 0 aliphatic carbocycles. The SMILES string of the molecule is C=CCCCCCCCCC=CC=O. The molecule has 0 saturated carbocycles. The molecular weight excluding hydrogens is 172 g/mol. The first-order chi connectivity index (χ1) is 6.91. The van der Waals surface area contributed by atoms with Gasteiger partial charge in [-0.15, -0.1) is 6.58 Å². The van der Waals surface area contributed by atoms with Gasteiger partial charge < -0.3 is 0 Å². The molecule has 1 heteroatoms. The summed E-state index contributed by atoms with van der Waals surface area (Å²) < 4.78 is 0. The van der Waals surface area contributed by atoms with E-state index in [0.29, 0.717) is 0 Å². The number of hydrogen-bond acceptors (Lipinski definition) is 1. The highest BCUT2D eigenvalue weighted by molar-refractivity contribution is 5.64. The first kappa shape index (κ1) is 13.2. The van der Waals surface area contributed by atoms with Crippen LogP contribution in [0.4, 0.5) is 0 Å². The Labute approximate surface area is 87.9 Å². The highest BCUT2D eigenvalue weighted by atomic mass is 16.1. The second kappa shape index (κ2) is 12.2. The molecule has 0 radical (unpaired) electrons. The van der Waals surface area contributed by atoms with E-state index in [0.717, 1.165) is 19.1 Å².